The molecule has 0 aromatic heterocycles. The Hall–Kier alpha value is -3.72. The summed E-state index contributed by atoms with van der Waals surface area (Å²) in [6.45, 7) is 13.2. The van der Waals surface area contributed by atoms with Gasteiger partial charge in [-0.2, -0.15) is 0 Å². The van der Waals surface area contributed by atoms with Gasteiger partial charge in [0.05, 0.1) is 0 Å². The molecule has 0 heterocycles. The zero-order valence-electron chi connectivity index (χ0n) is 34.3. The number of aryl methyl sites for hydroxylation is 3. The second-order valence-electron chi connectivity index (χ2n) is 17.9. The van der Waals surface area contributed by atoms with E-state index in [0.717, 1.165) is 91.2 Å². The van der Waals surface area contributed by atoms with E-state index in [1.54, 1.807) is 0 Å². The molecule has 0 radical (unpaired) electrons. The van der Waals surface area contributed by atoms with E-state index in [1.807, 2.05) is 0 Å². The number of benzene rings is 4. The van der Waals surface area contributed by atoms with Crippen molar-refractivity contribution < 1.29 is 15.3 Å². The molecule has 4 aromatic rings. The summed E-state index contributed by atoms with van der Waals surface area (Å²) in [4.78, 5) is 0. The molecule has 3 nitrogen and oxygen atoms in total. The number of hydrogen-bond acceptors (Lipinski definition) is 3. The van der Waals surface area contributed by atoms with Gasteiger partial charge in [0.15, 0.2) is 0 Å². The molecule has 0 saturated heterocycles. The van der Waals surface area contributed by atoms with Crippen molar-refractivity contribution in [2.75, 3.05) is 0 Å². The smallest absolute Gasteiger partial charge is 0.121 e. The van der Waals surface area contributed by atoms with Crippen LogP contribution in [0.5, 0.6) is 17.2 Å². The van der Waals surface area contributed by atoms with Crippen molar-refractivity contribution >= 4 is 0 Å². The van der Waals surface area contributed by atoms with Crippen LogP contribution in [0.25, 0.3) is 0 Å². The number of aromatic hydroxyl groups is 3. The highest BCUT2D eigenvalue weighted by Gasteiger charge is 2.26. The Morgan fingerprint density at radius 3 is 0.852 bits per heavy atom. The molecule has 0 spiro atoms. The lowest BCUT2D eigenvalue weighted by atomic mass is 9.78. The summed E-state index contributed by atoms with van der Waals surface area (Å²) in [6.07, 6.45) is 20.9. The van der Waals surface area contributed by atoms with Crippen molar-refractivity contribution in [3.05, 3.63) is 120 Å². The van der Waals surface area contributed by atoms with Gasteiger partial charge in [-0.15, -0.1) is 0 Å². The van der Waals surface area contributed by atoms with Crippen LogP contribution in [0.3, 0.4) is 0 Å². The average Bonchev–Trinajstić information content (AvgIpc) is 3.18. The summed E-state index contributed by atoms with van der Waals surface area (Å²) in [5.74, 6) is 2.81. The number of phenolic OH excluding ortho intramolecular Hbond substituents is 3. The van der Waals surface area contributed by atoms with Gasteiger partial charge in [-0.25, -0.2) is 0 Å². The van der Waals surface area contributed by atoms with Crippen LogP contribution in [0.15, 0.2) is 36.4 Å². The van der Waals surface area contributed by atoms with Crippen LogP contribution < -0.4 is 0 Å². The van der Waals surface area contributed by atoms with Crippen molar-refractivity contribution in [1.29, 1.82) is 0 Å². The van der Waals surface area contributed by atoms with E-state index in [-0.39, 0.29) is 0 Å². The summed E-state index contributed by atoms with van der Waals surface area (Å²) in [6, 6.07) is 13.7. The van der Waals surface area contributed by atoms with Crippen LogP contribution in [0.4, 0.5) is 0 Å². The minimum Gasteiger partial charge on any atom is -0.507 e. The van der Waals surface area contributed by atoms with Crippen molar-refractivity contribution in [3.8, 4) is 17.2 Å². The third-order valence-corrected chi connectivity index (χ3v) is 14.2. The van der Waals surface area contributed by atoms with E-state index >= 15 is 0 Å². The monoisotopic (exact) mass is 727 g/mol. The fraction of sp³-hybridized carbons (Fsp3) is 0.529. The average molecular weight is 727 g/mol. The molecule has 3 saturated carbocycles. The summed E-state index contributed by atoms with van der Waals surface area (Å²) in [7, 11) is 0. The quantitative estimate of drug-likeness (QED) is 0.161. The fourth-order valence-electron chi connectivity index (χ4n) is 10.9. The standard InChI is InChI=1S/C51H66O3/c1-31-22-37(28-46(49(31)52)40-16-10-7-11-17-40)25-43-34(4)44(26-38-23-32(2)50(53)47(29-38)41-18-12-8-13-19-41)36(6)45(35(43)5)27-39-24-33(3)51(54)48(30-39)42-20-14-9-15-21-42/h22-24,28-30,40-42,52-54H,7-21,25-27H2,1-6H3. The molecule has 0 unspecified atom stereocenters. The predicted octanol–water partition coefficient (Wildman–Crippen LogP) is 13.6. The molecule has 0 atom stereocenters. The van der Waals surface area contributed by atoms with Crippen LogP contribution in [0, 0.1) is 41.5 Å². The van der Waals surface area contributed by atoms with E-state index in [2.05, 4.69) is 77.9 Å². The molecule has 54 heavy (non-hydrogen) atoms. The lowest BCUT2D eigenvalue weighted by Crippen LogP contribution is -2.11. The second kappa shape index (κ2) is 16.6. The second-order valence-corrected chi connectivity index (χ2v) is 17.9. The van der Waals surface area contributed by atoms with Gasteiger partial charge in [0.2, 0.25) is 0 Å². The van der Waals surface area contributed by atoms with Gasteiger partial charge in [0, 0.05) is 0 Å². The third kappa shape index (κ3) is 7.98. The lowest BCUT2D eigenvalue weighted by Gasteiger charge is -2.27. The minimum absolute atomic E-state index is 0.441. The fourth-order valence-corrected chi connectivity index (χ4v) is 10.9. The van der Waals surface area contributed by atoms with Crippen LogP contribution in [0.1, 0.15) is 198 Å². The van der Waals surface area contributed by atoms with E-state index < -0.39 is 0 Å². The molecule has 3 heteroatoms. The van der Waals surface area contributed by atoms with E-state index in [0.29, 0.717) is 35.0 Å². The predicted molar refractivity (Wildman–Crippen MR) is 225 cm³/mol. The molecule has 288 valence electrons. The summed E-state index contributed by atoms with van der Waals surface area (Å²) in [5.41, 5.74) is 18.6. The molecule has 4 aromatic carbocycles. The van der Waals surface area contributed by atoms with E-state index in [4.69, 9.17) is 0 Å². The molecular formula is C51H66O3. The maximum Gasteiger partial charge on any atom is 0.121 e. The summed E-state index contributed by atoms with van der Waals surface area (Å²) >= 11 is 0. The summed E-state index contributed by atoms with van der Waals surface area (Å²) in [5, 5.41) is 33.9. The molecule has 0 aliphatic heterocycles. The molecule has 0 bridgehead atoms. The topological polar surface area (TPSA) is 60.7 Å². The lowest BCUT2D eigenvalue weighted by molar-refractivity contribution is 0.412. The molecule has 3 aliphatic rings. The van der Waals surface area contributed by atoms with Crippen molar-refractivity contribution in [2.45, 2.75) is 175 Å². The first-order chi connectivity index (χ1) is 26.0. The number of phenols is 3. The molecule has 7 rings (SSSR count). The van der Waals surface area contributed by atoms with Gasteiger partial charge in [-0.1, -0.05) is 94.2 Å². The van der Waals surface area contributed by atoms with Gasteiger partial charge in [-0.05, 0) is 201 Å². The highest BCUT2D eigenvalue weighted by molar-refractivity contribution is 5.57. The zero-order valence-corrected chi connectivity index (χ0v) is 34.3. The maximum atomic E-state index is 11.3. The van der Waals surface area contributed by atoms with E-state index in [9.17, 15) is 15.3 Å². The zero-order chi connectivity index (χ0) is 38.1. The largest absolute Gasteiger partial charge is 0.507 e. The molecule has 3 N–H and O–H groups in total. The molecule has 3 fully saturated rings. The highest BCUT2D eigenvalue weighted by Crippen LogP contribution is 2.43. The Kier molecular flexibility index (Phi) is 11.8. The normalized spacial score (nSPS) is 17.7. The van der Waals surface area contributed by atoms with Crippen molar-refractivity contribution in [2.24, 2.45) is 0 Å². The molecule has 3 aliphatic carbocycles. The Bertz CT molecular complexity index is 1730. The number of hydrogen-bond donors (Lipinski definition) is 3. The Morgan fingerprint density at radius 2 is 0.611 bits per heavy atom. The third-order valence-electron chi connectivity index (χ3n) is 14.2. The Labute approximate surface area is 326 Å². The highest BCUT2D eigenvalue weighted by atomic mass is 16.3. The Balaban J connectivity index is 1.33. The van der Waals surface area contributed by atoms with Crippen LogP contribution >= 0.6 is 0 Å². The number of rotatable bonds is 9. The Morgan fingerprint density at radius 1 is 0.370 bits per heavy atom. The molecular weight excluding hydrogens is 661 g/mol. The van der Waals surface area contributed by atoms with Gasteiger partial charge in [0.1, 0.15) is 17.2 Å². The molecule has 0 amide bonds. The first kappa shape index (κ1) is 38.6. The maximum absolute atomic E-state index is 11.3. The first-order valence-corrected chi connectivity index (χ1v) is 21.6. The van der Waals surface area contributed by atoms with Gasteiger partial charge >= 0.3 is 0 Å². The van der Waals surface area contributed by atoms with Crippen LogP contribution in [0.2, 0.25) is 0 Å². The van der Waals surface area contributed by atoms with Crippen LogP contribution in [-0.2, 0) is 19.3 Å². The van der Waals surface area contributed by atoms with Crippen molar-refractivity contribution in [1.82, 2.24) is 0 Å². The van der Waals surface area contributed by atoms with Gasteiger partial charge in [-0.3, -0.25) is 0 Å². The van der Waals surface area contributed by atoms with Gasteiger partial charge < -0.3 is 15.3 Å². The van der Waals surface area contributed by atoms with Crippen molar-refractivity contribution in [3.63, 3.8) is 0 Å². The minimum atomic E-state index is 0.441. The first-order valence-electron chi connectivity index (χ1n) is 21.6. The summed E-state index contributed by atoms with van der Waals surface area (Å²) < 4.78 is 0. The SMILES string of the molecule is Cc1cc(Cc2c(C)c(Cc3cc(C)c(O)c(C4CCCCC4)c3)c(C)c(Cc3cc(C)c(O)c(C4CCCCC4)c3)c2C)cc(C2CCCCC2)c1O. The van der Waals surface area contributed by atoms with Gasteiger partial charge in [0.25, 0.3) is 0 Å². The van der Waals surface area contributed by atoms with Crippen LogP contribution in [-0.4, -0.2) is 15.3 Å². The van der Waals surface area contributed by atoms with E-state index in [1.165, 1.54) is 108 Å².